The van der Waals surface area contributed by atoms with Gasteiger partial charge < -0.3 is 10.3 Å². The van der Waals surface area contributed by atoms with E-state index in [1.165, 1.54) is 0 Å². The summed E-state index contributed by atoms with van der Waals surface area (Å²) in [4.78, 5) is 5.28. The van der Waals surface area contributed by atoms with Gasteiger partial charge in [0.25, 0.3) is 0 Å². The molecule has 0 unspecified atom stereocenters. The van der Waals surface area contributed by atoms with Crippen LogP contribution in [0.4, 0.5) is 0 Å². The number of hydrogen-bond acceptors (Lipinski definition) is 5. The second-order valence-corrected chi connectivity index (χ2v) is 5.31. The molecule has 0 fully saturated rings. The average molecular weight is 302 g/mol. The van der Waals surface area contributed by atoms with Gasteiger partial charge in [-0.3, -0.25) is 0 Å². The average Bonchev–Trinajstić information content (AvgIpc) is 2.85. The summed E-state index contributed by atoms with van der Waals surface area (Å²) in [6.07, 6.45) is 1.86. The van der Waals surface area contributed by atoms with E-state index in [-0.39, 0.29) is 6.04 Å². The topological polar surface area (TPSA) is 64.9 Å². The second kappa shape index (κ2) is 5.07. The summed E-state index contributed by atoms with van der Waals surface area (Å²) in [5, 5.41) is 5.91. The molecule has 0 aliphatic heterocycles. The van der Waals surface area contributed by atoms with Gasteiger partial charge in [0, 0.05) is 9.85 Å². The Morgan fingerprint density at radius 2 is 2.44 bits per heavy atom. The Morgan fingerprint density at radius 1 is 1.62 bits per heavy atom. The summed E-state index contributed by atoms with van der Waals surface area (Å²) in [7, 11) is 0. The van der Waals surface area contributed by atoms with Crippen LogP contribution in [0, 0.1) is 0 Å². The van der Waals surface area contributed by atoms with Crippen LogP contribution in [0.1, 0.15) is 31.7 Å². The molecule has 0 saturated heterocycles. The molecule has 2 aromatic rings. The van der Waals surface area contributed by atoms with Crippen molar-refractivity contribution in [1.82, 2.24) is 10.1 Å². The number of hydrogen-bond donors (Lipinski definition) is 1. The highest BCUT2D eigenvalue weighted by Crippen LogP contribution is 2.28. The molecule has 2 aromatic heterocycles. The van der Waals surface area contributed by atoms with E-state index >= 15 is 0 Å². The van der Waals surface area contributed by atoms with Gasteiger partial charge in [0.1, 0.15) is 0 Å². The molecule has 4 nitrogen and oxygen atoms in total. The third-order valence-electron chi connectivity index (χ3n) is 2.15. The van der Waals surface area contributed by atoms with Crippen LogP contribution in [0.2, 0.25) is 0 Å². The fourth-order valence-corrected chi connectivity index (χ4v) is 2.70. The fraction of sp³-hybridized carbons (Fsp3) is 0.400. The van der Waals surface area contributed by atoms with E-state index in [9.17, 15) is 0 Å². The van der Waals surface area contributed by atoms with Crippen molar-refractivity contribution in [2.24, 2.45) is 5.73 Å². The predicted octanol–water partition coefficient (Wildman–Crippen LogP) is 3.36. The number of rotatable bonds is 4. The van der Waals surface area contributed by atoms with Gasteiger partial charge in [0.15, 0.2) is 0 Å². The minimum Gasteiger partial charge on any atom is -0.337 e. The normalized spacial score (nSPS) is 12.9. The highest BCUT2D eigenvalue weighted by atomic mass is 79.9. The molecule has 6 heteroatoms. The van der Waals surface area contributed by atoms with Gasteiger partial charge in [-0.25, -0.2) is 0 Å². The monoisotopic (exact) mass is 301 g/mol. The molecule has 2 rings (SSSR count). The number of thiophene rings is 1. The zero-order chi connectivity index (χ0) is 11.5. The van der Waals surface area contributed by atoms with Gasteiger partial charge in [0.05, 0.1) is 10.9 Å². The van der Waals surface area contributed by atoms with Crippen molar-refractivity contribution in [2.75, 3.05) is 0 Å². The van der Waals surface area contributed by atoms with Crippen molar-refractivity contribution in [3.63, 3.8) is 0 Å². The standard InChI is InChI=1S/C10H12BrN3OS/c1-2-3-7(12)10-13-9(14-15-10)8-4-6(11)5-16-8/h4-5,7H,2-3,12H2,1H3/t7-/m0/s1. The van der Waals surface area contributed by atoms with Gasteiger partial charge in [-0.15, -0.1) is 11.3 Å². The van der Waals surface area contributed by atoms with Crippen molar-refractivity contribution in [3.8, 4) is 10.7 Å². The number of aromatic nitrogens is 2. The predicted molar refractivity (Wildman–Crippen MR) is 67.1 cm³/mol. The lowest BCUT2D eigenvalue weighted by Gasteiger charge is -2.01. The lowest BCUT2D eigenvalue weighted by atomic mass is 10.2. The maximum Gasteiger partial charge on any atom is 0.243 e. The molecule has 16 heavy (non-hydrogen) atoms. The third-order valence-corrected chi connectivity index (χ3v) is 3.83. The molecular weight excluding hydrogens is 290 g/mol. The first-order valence-corrected chi connectivity index (χ1v) is 6.71. The highest BCUT2D eigenvalue weighted by Gasteiger charge is 2.15. The molecule has 2 heterocycles. The minimum atomic E-state index is -0.158. The highest BCUT2D eigenvalue weighted by molar-refractivity contribution is 9.10. The summed E-state index contributed by atoms with van der Waals surface area (Å²) in [5.74, 6) is 1.12. The van der Waals surface area contributed by atoms with Crippen molar-refractivity contribution >= 4 is 27.3 Å². The first-order chi connectivity index (χ1) is 7.70. The van der Waals surface area contributed by atoms with Gasteiger partial charge >= 0.3 is 0 Å². The zero-order valence-electron chi connectivity index (χ0n) is 8.81. The molecule has 2 N–H and O–H groups in total. The zero-order valence-corrected chi connectivity index (χ0v) is 11.2. The summed E-state index contributed by atoms with van der Waals surface area (Å²) in [6, 6.07) is 1.81. The number of nitrogens with two attached hydrogens (primary N) is 1. The van der Waals surface area contributed by atoms with E-state index in [1.807, 2.05) is 11.4 Å². The van der Waals surface area contributed by atoms with Crippen molar-refractivity contribution in [2.45, 2.75) is 25.8 Å². The molecule has 86 valence electrons. The van der Waals surface area contributed by atoms with E-state index < -0.39 is 0 Å². The SMILES string of the molecule is CCC[C@H](N)c1nc(-c2cc(Br)cs2)no1. The number of halogens is 1. The second-order valence-electron chi connectivity index (χ2n) is 3.48. The largest absolute Gasteiger partial charge is 0.337 e. The van der Waals surface area contributed by atoms with Crippen LogP contribution in [0.15, 0.2) is 20.4 Å². The molecule has 0 bridgehead atoms. The summed E-state index contributed by atoms with van der Waals surface area (Å²) in [5.41, 5.74) is 5.90. The lowest BCUT2D eigenvalue weighted by molar-refractivity contribution is 0.348. The molecule has 0 aliphatic carbocycles. The summed E-state index contributed by atoms with van der Waals surface area (Å²) >= 11 is 4.96. The lowest BCUT2D eigenvalue weighted by Crippen LogP contribution is -2.09. The van der Waals surface area contributed by atoms with Crippen LogP contribution in [0.3, 0.4) is 0 Å². The smallest absolute Gasteiger partial charge is 0.243 e. The van der Waals surface area contributed by atoms with Crippen molar-refractivity contribution in [1.29, 1.82) is 0 Å². The fourth-order valence-electron chi connectivity index (χ4n) is 1.35. The Kier molecular flexibility index (Phi) is 3.73. The van der Waals surface area contributed by atoms with E-state index in [2.05, 4.69) is 33.0 Å². The van der Waals surface area contributed by atoms with Gasteiger partial charge in [0.2, 0.25) is 11.7 Å². The van der Waals surface area contributed by atoms with E-state index in [0.717, 1.165) is 22.2 Å². The van der Waals surface area contributed by atoms with E-state index in [4.69, 9.17) is 10.3 Å². The van der Waals surface area contributed by atoms with Crippen LogP contribution >= 0.6 is 27.3 Å². The maximum absolute atomic E-state index is 5.90. The molecule has 0 radical (unpaired) electrons. The molecule has 0 amide bonds. The Labute approximate surface area is 106 Å². The van der Waals surface area contributed by atoms with Crippen LogP contribution in [0.5, 0.6) is 0 Å². The quantitative estimate of drug-likeness (QED) is 0.940. The Morgan fingerprint density at radius 3 is 3.06 bits per heavy atom. The van der Waals surface area contributed by atoms with E-state index in [0.29, 0.717) is 11.7 Å². The maximum atomic E-state index is 5.90. The van der Waals surface area contributed by atoms with Crippen LogP contribution < -0.4 is 5.73 Å². The molecular formula is C10H12BrN3OS. The molecule has 0 aromatic carbocycles. The van der Waals surface area contributed by atoms with Crippen LogP contribution in [0.25, 0.3) is 10.7 Å². The van der Waals surface area contributed by atoms with Gasteiger partial charge in [-0.2, -0.15) is 4.98 Å². The minimum absolute atomic E-state index is 0.158. The van der Waals surface area contributed by atoms with Gasteiger partial charge in [-0.05, 0) is 28.4 Å². The third kappa shape index (κ3) is 2.50. The van der Waals surface area contributed by atoms with Crippen molar-refractivity contribution < 1.29 is 4.52 Å². The molecule has 0 spiro atoms. The van der Waals surface area contributed by atoms with E-state index in [1.54, 1.807) is 11.3 Å². The Hall–Kier alpha value is -0.720. The number of nitrogens with zero attached hydrogens (tertiary/aromatic N) is 2. The Balaban J connectivity index is 2.19. The van der Waals surface area contributed by atoms with Crippen LogP contribution in [-0.4, -0.2) is 10.1 Å². The summed E-state index contributed by atoms with van der Waals surface area (Å²) < 4.78 is 6.17. The van der Waals surface area contributed by atoms with Crippen LogP contribution in [-0.2, 0) is 0 Å². The Bertz CT molecular complexity index is 468. The first kappa shape index (κ1) is 11.8. The van der Waals surface area contributed by atoms with Gasteiger partial charge in [-0.1, -0.05) is 18.5 Å². The molecule has 1 atom stereocenters. The molecule has 0 saturated carbocycles. The first-order valence-electron chi connectivity index (χ1n) is 5.04. The van der Waals surface area contributed by atoms with Crippen molar-refractivity contribution in [3.05, 3.63) is 21.8 Å². The summed E-state index contributed by atoms with van der Waals surface area (Å²) in [6.45, 7) is 2.08. The molecule has 0 aliphatic rings.